The van der Waals surface area contributed by atoms with Crippen LogP contribution in [-0.2, 0) is 6.54 Å². The van der Waals surface area contributed by atoms with Crippen LogP contribution in [0, 0.1) is 13.8 Å². The lowest BCUT2D eigenvalue weighted by Gasteiger charge is -2.12. The van der Waals surface area contributed by atoms with Gasteiger partial charge in [-0.25, -0.2) is 4.79 Å². The number of hydrogen-bond donors (Lipinski definition) is 3. The summed E-state index contributed by atoms with van der Waals surface area (Å²) in [6.07, 6.45) is 0. The normalized spacial score (nSPS) is 10.2. The molecule has 0 aromatic heterocycles. The fourth-order valence-electron chi connectivity index (χ4n) is 2.79. The van der Waals surface area contributed by atoms with Gasteiger partial charge in [-0.05, 0) is 49.2 Å². The van der Waals surface area contributed by atoms with E-state index < -0.39 is 0 Å². The van der Waals surface area contributed by atoms with Gasteiger partial charge in [-0.2, -0.15) is 0 Å². The van der Waals surface area contributed by atoms with E-state index in [2.05, 4.69) is 16.0 Å². The van der Waals surface area contributed by atoms with Gasteiger partial charge in [0.1, 0.15) is 0 Å². The number of nitrogens with one attached hydrogen (secondary N) is 3. The maximum atomic E-state index is 12.5. The van der Waals surface area contributed by atoms with Gasteiger partial charge < -0.3 is 16.0 Å². The van der Waals surface area contributed by atoms with Crippen molar-refractivity contribution in [3.8, 4) is 0 Å². The number of amides is 3. The van der Waals surface area contributed by atoms with Gasteiger partial charge in [0.15, 0.2) is 0 Å². The topological polar surface area (TPSA) is 70.2 Å². The number of anilines is 2. The van der Waals surface area contributed by atoms with E-state index >= 15 is 0 Å². The van der Waals surface area contributed by atoms with E-state index in [0.717, 1.165) is 22.4 Å². The zero-order chi connectivity index (χ0) is 19.9. The molecule has 0 aliphatic carbocycles. The predicted molar refractivity (Wildman–Crippen MR) is 113 cm³/mol. The molecule has 0 heterocycles. The highest BCUT2D eigenvalue weighted by molar-refractivity contribution is 6.05. The van der Waals surface area contributed by atoms with Gasteiger partial charge in [-0.15, -0.1) is 0 Å². The summed E-state index contributed by atoms with van der Waals surface area (Å²) < 4.78 is 0. The molecule has 0 saturated heterocycles. The molecule has 0 saturated carbocycles. The summed E-state index contributed by atoms with van der Waals surface area (Å²) in [6.45, 7) is 4.33. The maximum absolute atomic E-state index is 12.5. The van der Waals surface area contributed by atoms with Crippen LogP contribution in [0.5, 0.6) is 0 Å². The molecule has 0 aliphatic heterocycles. The fourth-order valence-corrected chi connectivity index (χ4v) is 2.79. The zero-order valence-corrected chi connectivity index (χ0v) is 16.0. The SMILES string of the molecule is Cc1cccc(CNC(=O)Nc2cc(C(=O)Nc3ccccc3)ccc2C)c1. The third-order valence-corrected chi connectivity index (χ3v) is 4.32. The Hall–Kier alpha value is -3.60. The summed E-state index contributed by atoms with van der Waals surface area (Å²) in [5, 5.41) is 8.51. The first kappa shape index (κ1) is 19.2. The van der Waals surface area contributed by atoms with Crippen LogP contribution < -0.4 is 16.0 Å². The molecule has 3 N–H and O–H groups in total. The predicted octanol–water partition coefficient (Wildman–Crippen LogP) is 4.88. The van der Waals surface area contributed by atoms with E-state index in [1.54, 1.807) is 12.1 Å². The molecular formula is C23H23N3O2. The van der Waals surface area contributed by atoms with Crippen molar-refractivity contribution in [3.63, 3.8) is 0 Å². The molecule has 5 heteroatoms. The minimum Gasteiger partial charge on any atom is -0.334 e. The van der Waals surface area contributed by atoms with E-state index in [4.69, 9.17) is 0 Å². The average molecular weight is 373 g/mol. The molecule has 3 aromatic rings. The maximum Gasteiger partial charge on any atom is 0.319 e. The first-order valence-electron chi connectivity index (χ1n) is 9.09. The Balaban J connectivity index is 1.64. The Kier molecular flexibility index (Phi) is 6.07. The monoisotopic (exact) mass is 373 g/mol. The molecule has 142 valence electrons. The van der Waals surface area contributed by atoms with E-state index in [1.165, 1.54) is 0 Å². The highest BCUT2D eigenvalue weighted by Crippen LogP contribution is 2.18. The Morgan fingerprint density at radius 3 is 2.36 bits per heavy atom. The van der Waals surface area contributed by atoms with Crippen molar-refractivity contribution < 1.29 is 9.59 Å². The molecule has 3 amide bonds. The number of aryl methyl sites for hydroxylation is 2. The zero-order valence-electron chi connectivity index (χ0n) is 16.0. The lowest BCUT2D eigenvalue weighted by Crippen LogP contribution is -2.28. The van der Waals surface area contributed by atoms with Gasteiger partial charge in [0, 0.05) is 23.5 Å². The Morgan fingerprint density at radius 1 is 0.821 bits per heavy atom. The number of rotatable bonds is 5. The molecule has 0 radical (unpaired) electrons. The summed E-state index contributed by atoms with van der Waals surface area (Å²) in [6, 6.07) is 22.1. The highest BCUT2D eigenvalue weighted by Gasteiger charge is 2.10. The highest BCUT2D eigenvalue weighted by atomic mass is 16.2. The summed E-state index contributed by atoms with van der Waals surface area (Å²) >= 11 is 0. The first-order valence-corrected chi connectivity index (χ1v) is 9.09. The van der Waals surface area contributed by atoms with Gasteiger partial charge in [0.05, 0.1) is 0 Å². The van der Waals surface area contributed by atoms with Crippen molar-refractivity contribution in [1.29, 1.82) is 0 Å². The Labute approximate surface area is 164 Å². The molecule has 0 unspecified atom stereocenters. The quantitative estimate of drug-likeness (QED) is 0.597. The third-order valence-electron chi connectivity index (χ3n) is 4.32. The van der Waals surface area contributed by atoms with Crippen molar-refractivity contribution in [3.05, 3.63) is 95.1 Å². The van der Waals surface area contributed by atoms with Crippen LogP contribution in [0.2, 0.25) is 0 Å². The summed E-state index contributed by atoms with van der Waals surface area (Å²) in [7, 11) is 0. The fraction of sp³-hybridized carbons (Fsp3) is 0.130. The van der Waals surface area contributed by atoms with Crippen molar-refractivity contribution >= 4 is 23.3 Å². The van der Waals surface area contributed by atoms with E-state index in [-0.39, 0.29) is 11.9 Å². The smallest absolute Gasteiger partial charge is 0.319 e. The van der Waals surface area contributed by atoms with E-state index in [9.17, 15) is 9.59 Å². The molecule has 0 atom stereocenters. The van der Waals surface area contributed by atoms with Crippen LogP contribution in [0.1, 0.15) is 27.0 Å². The Bertz CT molecular complexity index is 984. The van der Waals surface area contributed by atoms with E-state index in [1.807, 2.05) is 74.5 Å². The molecule has 28 heavy (non-hydrogen) atoms. The van der Waals surface area contributed by atoms with Crippen LogP contribution in [0.4, 0.5) is 16.2 Å². The second kappa shape index (κ2) is 8.86. The summed E-state index contributed by atoms with van der Waals surface area (Å²) in [4.78, 5) is 24.7. The van der Waals surface area contributed by atoms with Gasteiger partial charge in [0.25, 0.3) is 5.91 Å². The lowest BCUT2D eigenvalue weighted by atomic mass is 10.1. The molecule has 0 fully saturated rings. The summed E-state index contributed by atoms with van der Waals surface area (Å²) in [5.74, 6) is -0.227. The minimum atomic E-state index is -0.315. The Morgan fingerprint density at radius 2 is 1.61 bits per heavy atom. The first-order chi connectivity index (χ1) is 13.5. The van der Waals surface area contributed by atoms with Gasteiger partial charge in [0.2, 0.25) is 0 Å². The minimum absolute atomic E-state index is 0.227. The van der Waals surface area contributed by atoms with Crippen LogP contribution >= 0.6 is 0 Å². The van der Waals surface area contributed by atoms with Crippen LogP contribution in [0.3, 0.4) is 0 Å². The molecule has 3 rings (SSSR count). The number of benzene rings is 3. The van der Waals surface area contributed by atoms with Crippen LogP contribution in [-0.4, -0.2) is 11.9 Å². The second-order valence-corrected chi connectivity index (χ2v) is 6.65. The average Bonchev–Trinajstić information content (AvgIpc) is 2.69. The van der Waals surface area contributed by atoms with Crippen LogP contribution in [0.15, 0.2) is 72.8 Å². The van der Waals surface area contributed by atoms with E-state index in [0.29, 0.717) is 17.8 Å². The van der Waals surface area contributed by atoms with Crippen molar-refractivity contribution in [2.45, 2.75) is 20.4 Å². The number of carbonyl (C=O) groups excluding carboxylic acids is 2. The van der Waals surface area contributed by atoms with Crippen LogP contribution in [0.25, 0.3) is 0 Å². The summed E-state index contributed by atoms with van der Waals surface area (Å²) in [5.41, 5.74) is 4.85. The molecule has 3 aromatic carbocycles. The van der Waals surface area contributed by atoms with Gasteiger partial charge >= 0.3 is 6.03 Å². The largest absolute Gasteiger partial charge is 0.334 e. The van der Waals surface area contributed by atoms with Crippen molar-refractivity contribution in [2.75, 3.05) is 10.6 Å². The second-order valence-electron chi connectivity index (χ2n) is 6.65. The van der Waals surface area contributed by atoms with Gasteiger partial charge in [-0.3, -0.25) is 4.79 Å². The number of hydrogen-bond acceptors (Lipinski definition) is 2. The van der Waals surface area contributed by atoms with Crippen molar-refractivity contribution in [2.24, 2.45) is 0 Å². The van der Waals surface area contributed by atoms with Gasteiger partial charge in [-0.1, -0.05) is 54.1 Å². The number of carbonyl (C=O) groups is 2. The number of para-hydroxylation sites is 1. The molecule has 0 spiro atoms. The molecule has 5 nitrogen and oxygen atoms in total. The number of urea groups is 1. The molecule has 0 bridgehead atoms. The molecular weight excluding hydrogens is 350 g/mol. The third kappa shape index (κ3) is 5.20. The van der Waals surface area contributed by atoms with Crippen molar-refractivity contribution in [1.82, 2.24) is 5.32 Å². The molecule has 0 aliphatic rings. The standard InChI is InChI=1S/C23H23N3O2/c1-16-7-6-8-18(13-16)15-24-23(28)26-21-14-19(12-11-17(21)2)22(27)25-20-9-4-3-5-10-20/h3-14H,15H2,1-2H3,(H,25,27)(H2,24,26,28). The lowest BCUT2D eigenvalue weighted by molar-refractivity contribution is 0.102.